The second-order valence-corrected chi connectivity index (χ2v) is 12.1. The fourth-order valence-corrected chi connectivity index (χ4v) is 9.25. The second-order valence-electron chi connectivity index (χ2n) is 6.75. The number of rotatable bonds is 5. The van der Waals surface area contributed by atoms with E-state index < -0.39 is 61.3 Å². The summed E-state index contributed by atoms with van der Waals surface area (Å²) in [7, 11) is 0. The van der Waals surface area contributed by atoms with Gasteiger partial charge in [-0.1, -0.05) is 0 Å². The number of hydrogen-bond acceptors (Lipinski definition) is 7. The van der Waals surface area contributed by atoms with Crippen LogP contribution >= 0.6 is 11.6 Å². The molecule has 1 unspecified atom stereocenters. The summed E-state index contributed by atoms with van der Waals surface area (Å²) in [5, 5.41) is 50.8. The van der Waals surface area contributed by atoms with Crippen LogP contribution in [0, 0.1) is 5.82 Å². The van der Waals surface area contributed by atoms with Crippen LogP contribution < -0.4 is 0 Å². The quantitative estimate of drug-likeness (QED) is 0.389. The Balaban J connectivity index is 1.69. The van der Waals surface area contributed by atoms with Crippen molar-refractivity contribution in [1.82, 2.24) is 0 Å². The zero-order valence-electron chi connectivity index (χ0n) is 14.3. The first-order valence-corrected chi connectivity index (χ1v) is 12.3. The van der Waals surface area contributed by atoms with Gasteiger partial charge in [0.2, 0.25) is 0 Å². The first-order chi connectivity index (χ1) is 12.8. The average Bonchev–Trinajstić information content (AvgIpc) is 2.87. The van der Waals surface area contributed by atoms with Crippen molar-refractivity contribution in [3.63, 3.8) is 0 Å². The van der Waals surface area contributed by atoms with Gasteiger partial charge in [0.15, 0.2) is 0 Å². The summed E-state index contributed by atoms with van der Waals surface area (Å²) in [4.78, 5) is -0.440. The molecule has 3 rings (SSSR count). The molecular formula is C17H23ClFO7Se+. The summed E-state index contributed by atoms with van der Waals surface area (Å²) >= 11 is 4.12. The molecule has 10 heteroatoms. The summed E-state index contributed by atoms with van der Waals surface area (Å²) in [6.07, 6.45) is -6.06. The third-order valence-electron chi connectivity index (χ3n) is 4.77. The maximum atomic E-state index is 13.6. The molecular weight excluding hydrogens is 450 g/mol. The van der Waals surface area contributed by atoms with Crippen LogP contribution in [0.1, 0.15) is 11.9 Å². The van der Waals surface area contributed by atoms with Crippen LogP contribution in [0.5, 0.6) is 0 Å². The molecule has 2 heterocycles. The molecule has 0 aromatic heterocycles. The normalized spacial score (nSPS) is 38.1. The van der Waals surface area contributed by atoms with Gasteiger partial charge >= 0.3 is 165 Å². The molecule has 2 aliphatic heterocycles. The Morgan fingerprint density at radius 3 is 2.63 bits per heavy atom. The summed E-state index contributed by atoms with van der Waals surface area (Å²) in [6, 6.07) is 3.83. The van der Waals surface area contributed by atoms with E-state index in [0.29, 0.717) is 10.9 Å². The second kappa shape index (κ2) is 9.00. The molecule has 2 fully saturated rings. The number of benzene rings is 1. The Labute approximate surface area is 165 Å². The van der Waals surface area contributed by atoms with Gasteiger partial charge in [-0.15, -0.1) is 0 Å². The Morgan fingerprint density at radius 2 is 1.96 bits per heavy atom. The molecule has 0 aliphatic carbocycles. The molecule has 152 valence electrons. The third kappa shape index (κ3) is 4.82. The molecule has 1 aromatic rings. The first kappa shape index (κ1) is 21.4. The number of aliphatic hydroxyl groups excluding tert-OH is 5. The van der Waals surface area contributed by atoms with Gasteiger partial charge in [-0.2, -0.15) is 0 Å². The van der Waals surface area contributed by atoms with Gasteiger partial charge < -0.3 is 0 Å². The van der Waals surface area contributed by atoms with E-state index in [2.05, 4.69) is 0 Å². The average molecular weight is 473 g/mol. The van der Waals surface area contributed by atoms with Gasteiger partial charge in [-0.05, 0) is 0 Å². The van der Waals surface area contributed by atoms with Crippen molar-refractivity contribution in [3.8, 4) is 0 Å². The van der Waals surface area contributed by atoms with E-state index in [1.807, 2.05) is 0 Å². The first-order valence-electron chi connectivity index (χ1n) is 8.52. The van der Waals surface area contributed by atoms with Gasteiger partial charge in [-0.25, -0.2) is 0 Å². The van der Waals surface area contributed by atoms with Crippen LogP contribution in [0.2, 0.25) is 20.5 Å². The topological polar surface area (TPSA) is 120 Å². The van der Waals surface area contributed by atoms with Gasteiger partial charge in [0.1, 0.15) is 0 Å². The van der Waals surface area contributed by atoms with Crippen molar-refractivity contribution in [2.24, 2.45) is 0 Å². The van der Waals surface area contributed by atoms with Crippen LogP contribution in [0.25, 0.3) is 0 Å². The molecule has 2 saturated heterocycles. The van der Waals surface area contributed by atoms with Crippen LogP contribution in [0.4, 0.5) is 4.39 Å². The summed E-state index contributed by atoms with van der Waals surface area (Å²) < 4.78 is 24.6. The molecule has 27 heavy (non-hydrogen) atoms. The third-order valence-corrected chi connectivity index (χ3v) is 10.9. The van der Waals surface area contributed by atoms with Crippen molar-refractivity contribution < 1.29 is 39.4 Å². The van der Waals surface area contributed by atoms with Crippen molar-refractivity contribution in [2.75, 3.05) is 13.2 Å². The molecule has 8 atom stereocenters. The summed E-state index contributed by atoms with van der Waals surface area (Å²) in [5.74, 6) is -0.556. The molecule has 1 aromatic carbocycles. The maximum absolute atomic E-state index is 13.6. The predicted molar refractivity (Wildman–Crippen MR) is 95.2 cm³/mol. The molecule has 0 amide bonds. The van der Waals surface area contributed by atoms with E-state index in [0.717, 1.165) is 6.07 Å². The van der Waals surface area contributed by atoms with Crippen LogP contribution in [0.3, 0.4) is 0 Å². The van der Waals surface area contributed by atoms with E-state index in [4.69, 9.17) is 21.1 Å². The standard InChI is InChI=1S/C17H23ClFO7Se/c18-9-1-8(2-10(19)3-9)17-25-5-11(21)16(26-17)13(23)7-27-6-12(22)15(24)14(27)4-20/h1-3,11-17,20-24H,4-7H2/q+1/t11-,12-,13-,14-,15+,16+,17?,27-/m1/s1. The molecule has 0 radical (unpaired) electrons. The number of hydrogen-bond donors (Lipinski definition) is 5. The molecule has 5 N–H and O–H groups in total. The van der Waals surface area contributed by atoms with Gasteiger partial charge in [0.05, 0.1) is 0 Å². The van der Waals surface area contributed by atoms with E-state index >= 15 is 0 Å². The minimum atomic E-state index is -1.74. The zero-order chi connectivity index (χ0) is 19.7. The molecule has 2 aliphatic rings. The van der Waals surface area contributed by atoms with Crippen molar-refractivity contribution >= 4 is 25.5 Å². The van der Waals surface area contributed by atoms with Crippen LogP contribution in [-0.4, -0.2) is 83.2 Å². The minimum absolute atomic E-state index is 0.111. The van der Waals surface area contributed by atoms with E-state index in [1.165, 1.54) is 12.1 Å². The van der Waals surface area contributed by atoms with Crippen molar-refractivity contribution in [3.05, 3.63) is 34.6 Å². The van der Waals surface area contributed by atoms with E-state index in [9.17, 15) is 29.9 Å². The van der Waals surface area contributed by atoms with Crippen LogP contribution in [-0.2, 0) is 9.47 Å². The Kier molecular flexibility index (Phi) is 7.13. The zero-order valence-corrected chi connectivity index (χ0v) is 16.8. The van der Waals surface area contributed by atoms with Crippen LogP contribution in [0.15, 0.2) is 18.2 Å². The Hall–Kier alpha value is -0.321. The number of ether oxygens (including phenoxy) is 2. The predicted octanol–water partition coefficient (Wildman–Crippen LogP) is 0.208. The van der Waals surface area contributed by atoms with Crippen molar-refractivity contribution in [2.45, 2.75) is 52.3 Å². The van der Waals surface area contributed by atoms with Crippen molar-refractivity contribution in [1.29, 1.82) is 0 Å². The Morgan fingerprint density at radius 1 is 1.22 bits per heavy atom. The summed E-state index contributed by atoms with van der Waals surface area (Å²) in [5.41, 5.74) is 0.333. The Bertz CT molecular complexity index is 633. The monoisotopic (exact) mass is 473 g/mol. The fraction of sp³-hybridized carbons (Fsp3) is 0.647. The van der Waals surface area contributed by atoms with E-state index in [1.54, 1.807) is 0 Å². The van der Waals surface area contributed by atoms with Gasteiger partial charge in [0.25, 0.3) is 0 Å². The number of aliphatic hydroxyl groups is 5. The van der Waals surface area contributed by atoms with E-state index in [-0.39, 0.29) is 23.6 Å². The van der Waals surface area contributed by atoms with Gasteiger partial charge in [-0.3, -0.25) is 0 Å². The molecule has 7 nitrogen and oxygen atoms in total. The summed E-state index contributed by atoms with van der Waals surface area (Å²) in [6.45, 7) is -0.378. The molecule has 0 saturated carbocycles. The molecule has 0 bridgehead atoms. The number of halogens is 2. The molecule has 0 spiro atoms. The fourth-order valence-electron chi connectivity index (χ4n) is 3.39. The SMILES string of the molecule is OC[C@@H]1[C@@H](O)[C@H](O)C[Se@+]1C[C@@H](O)[C@H]1OC(c2cc(F)cc(Cl)c2)OC[C@H]1O. The van der Waals surface area contributed by atoms with Gasteiger partial charge in [0, 0.05) is 0 Å².